The third-order valence-electron chi connectivity index (χ3n) is 0.871. The maximum atomic E-state index is 10.3. The van der Waals surface area contributed by atoms with E-state index in [0.717, 1.165) is 6.08 Å². The molecule has 0 amide bonds. The van der Waals surface area contributed by atoms with Gasteiger partial charge in [0, 0.05) is 6.08 Å². The molecule has 0 unspecified atom stereocenters. The first-order chi connectivity index (χ1) is 6.58. The number of allylic oxidation sites excluding steroid dienone is 1. The largest absolute Gasteiger partial charge is 0.513 e. The van der Waals surface area contributed by atoms with Crippen molar-refractivity contribution < 1.29 is 24.9 Å². The molecule has 14 heavy (non-hydrogen) atoms. The van der Waals surface area contributed by atoms with E-state index in [2.05, 4.69) is 11.3 Å². The molecule has 0 atom stereocenters. The Morgan fingerprint density at radius 2 is 1.93 bits per heavy atom. The molecule has 0 fully saturated rings. The number of hydrogen-bond donors (Lipinski definition) is 3. The molecule has 0 heterocycles. The summed E-state index contributed by atoms with van der Waals surface area (Å²) < 4.78 is 4.51. The van der Waals surface area contributed by atoms with Gasteiger partial charge in [-0.1, -0.05) is 6.58 Å². The minimum Gasteiger partial charge on any atom is -0.513 e. The highest BCUT2D eigenvalue weighted by Gasteiger charge is 1.90. The van der Waals surface area contributed by atoms with Crippen molar-refractivity contribution in [3.05, 3.63) is 24.5 Å². The Morgan fingerprint density at radius 1 is 1.43 bits per heavy atom. The van der Waals surface area contributed by atoms with Crippen molar-refractivity contribution in [2.45, 2.75) is 6.92 Å². The lowest BCUT2D eigenvalue weighted by molar-refractivity contribution is -0.136. The molecule has 0 aliphatic heterocycles. The van der Waals surface area contributed by atoms with Crippen LogP contribution in [0, 0.1) is 0 Å². The van der Waals surface area contributed by atoms with Gasteiger partial charge in [0.15, 0.2) is 0 Å². The highest BCUT2D eigenvalue weighted by molar-refractivity contribution is 5.81. The van der Waals surface area contributed by atoms with Crippen molar-refractivity contribution in [1.82, 2.24) is 0 Å². The van der Waals surface area contributed by atoms with Gasteiger partial charge in [-0.25, -0.2) is 4.79 Å². The van der Waals surface area contributed by atoms with E-state index >= 15 is 0 Å². The summed E-state index contributed by atoms with van der Waals surface area (Å²) in [5.41, 5.74) is 0. The van der Waals surface area contributed by atoms with Crippen LogP contribution in [0.5, 0.6) is 0 Å². The van der Waals surface area contributed by atoms with Crippen LogP contribution in [0.25, 0.3) is 0 Å². The fourth-order valence-corrected chi connectivity index (χ4v) is 0.303. The van der Waals surface area contributed by atoms with Crippen molar-refractivity contribution in [1.29, 1.82) is 0 Å². The van der Waals surface area contributed by atoms with E-state index in [9.17, 15) is 4.79 Å². The second kappa shape index (κ2) is 11.7. The van der Waals surface area contributed by atoms with Crippen molar-refractivity contribution in [3.8, 4) is 0 Å². The van der Waals surface area contributed by atoms with Crippen LogP contribution in [0.15, 0.2) is 24.5 Å². The Hall–Kier alpha value is -1.33. The average Bonchev–Trinajstić information content (AvgIpc) is 2.17. The number of carbonyl (C=O) groups excluding carboxylic acids is 1. The summed E-state index contributed by atoms with van der Waals surface area (Å²) in [7, 11) is 0. The van der Waals surface area contributed by atoms with Crippen molar-refractivity contribution in [2.75, 3.05) is 19.8 Å². The zero-order valence-corrected chi connectivity index (χ0v) is 8.14. The summed E-state index contributed by atoms with van der Waals surface area (Å²) in [6.45, 7) is 4.54. The fraction of sp³-hybridized carbons (Fsp3) is 0.444. The number of aliphatic hydroxyl groups is 3. The van der Waals surface area contributed by atoms with Gasteiger partial charge in [0.2, 0.25) is 0 Å². The highest BCUT2D eigenvalue weighted by atomic mass is 16.5. The zero-order valence-electron chi connectivity index (χ0n) is 8.14. The SMILES string of the molecule is C=CC(=O)OCC=C(C)O.OCCO. The van der Waals surface area contributed by atoms with Crippen LogP contribution in [0.2, 0.25) is 0 Å². The lowest BCUT2D eigenvalue weighted by Crippen LogP contribution is -1.99. The Bertz CT molecular complexity index is 180. The zero-order chi connectivity index (χ0) is 11.4. The van der Waals surface area contributed by atoms with Crippen molar-refractivity contribution >= 4 is 5.97 Å². The normalized spacial score (nSPS) is 9.79. The first-order valence-electron chi connectivity index (χ1n) is 3.95. The molecular weight excluding hydrogens is 188 g/mol. The number of hydrogen-bond acceptors (Lipinski definition) is 5. The van der Waals surface area contributed by atoms with Crippen molar-refractivity contribution in [3.63, 3.8) is 0 Å². The number of ether oxygens (including phenoxy) is 1. The van der Waals surface area contributed by atoms with Gasteiger partial charge in [0.25, 0.3) is 0 Å². The van der Waals surface area contributed by atoms with E-state index in [1.54, 1.807) is 0 Å². The van der Waals surface area contributed by atoms with E-state index in [1.165, 1.54) is 13.0 Å². The third kappa shape index (κ3) is 17.0. The molecule has 3 N–H and O–H groups in total. The van der Waals surface area contributed by atoms with Crippen LogP contribution in [-0.4, -0.2) is 41.1 Å². The molecule has 0 radical (unpaired) electrons. The standard InChI is InChI=1S/C7H10O3.C2H6O2/c1-3-7(9)10-5-4-6(2)8;3-1-2-4/h3-4,8H,1,5H2,2H3;3-4H,1-2H2. The Morgan fingerprint density at radius 3 is 2.21 bits per heavy atom. The topological polar surface area (TPSA) is 87.0 Å². The van der Waals surface area contributed by atoms with Crippen LogP contribution in [-0.2, 0) is 9.53 Å². The number of aliphatic hydroxyl groups excluding tert-OH is 3. The summed E-state index contributed by atoms with van der Waals surface area (Å²) in [5.74, 6) is -0.352. The lowest BCUT2D eigenvalue weighted by atomic mass is 10.5. The molecule has 0 aromatic carbocycles. The highest BCUT2D eigenvalue weighted by Crippen LogP contribution is 1.85. The first-order valence-corrected chi connectivity index (χ1v) is 3.95. The second-order valence-corrected chi connectivity index (χ2v) is 2.13. The van der Waals surface area contributed by atoms with Gasteiger partial charge >= 0.3 is 5.97 Å². The molecule has 0 aliphatic carbocycles. The van der Waals surface area contributed by atoms with E-state index in [4.69, 9.17) is 15.3 Å². The third-order valence-corrected chi connectivity index (χ3v) is 0.871. The number of rotatable bonds is 4. The monoisotopic (exact) mass is 204 g/mol. The second-order valence-electron chi connectivity index (χ2n) is 2.13. The fourth-order valence-electron chi connectivity index (χ4n) is 0.303. The van der Waals surface area contributed by atoms with Crippen LogP contribution in [0.3, 0.4) is 0 Å². The van der Waals surface area contributed by atoms with Gasteiger partial charge < -0.3 is 20.1 Å². The molecule has 0 aromatic rings. The van der Waals surface area contributed by atoms with Gasteiger partial charge in [0.1, 0.15) is 6.61 Å². The van der Waals surface area contributed by atoms with Crippen LogP contribution >= 0.6 is 0 Å². The average molecular weight is 204 g/mol. The number of esters is 1. The smallest absolute Gasteiger partial charge is 0.330 e. The molecule has 82 valence electrons. The molecule has 0 bridgehead atoms. The van der Waals surface area contributed by atoms with Gasteiger partial charge in [-0.15, -0.1) is 0 Å². The summed E-state index contributed by atoms with van der Waals surface area (Å²) in [6.07, 6.45) is 2.46. The summed E-state index contributed by atoms with van der Waals surface area (Å²) >= 11 is 0. The summed E-state index contributed by atoms with van der Waals surface area (Å²) in [6, 6.07) is 0. The van der Waals surface area contributed by atoms with Gasteiger partial charge in [-0.3, -0.25) is 0 Å². The van der Waals surface area contributed by atoms with E-state index in [0.29, 0.717) is 0 Å². The van der Waals surface area contributed by atoms with Gasteiger partial charge in [-0.2, -0.15) is 0 Å². The quantitative estimate of drug-likeness (QED) is 0.344. The Labute approximate surface area is 82.9 Å². The molecule has 0 aliphatic rings. The van der Waals surface area contributed by atoms with E-state index in [1.807, 2.05) is 0 Å². The molecule has 0 rings (SSSR count). The predicted molar refractivity (Wildman–Crippen MR) is 51.7 cm³/mol. The first kappa shape index (κ1) is 15.2. The maximum Gasteiger partial charge on any atom is 0.330 e. The summed E-state index contributed by atoms with van der Waals surface area (Å²) in [5, 5.41) is 23.8. The predicted octanol–water partition coefficient (Wildman–Crippen LogP) is 0.148. The minimum atomic E-state index is -0.488. The van der Waals surface area contributed by atoms with Gasteiger partial charge in [-0.05, 0) is 13.0 Å². The van der Waals surface area contributed by atoms with E-state index < -0.39 is 5.97 Å². The molecular formula is C9H16O5. The van der Waals surface area contributed by atoms with Crippen molar-refractivity contribution in [2.24, 2.45) is 0 Å². The molecule has 0 spiro atoms. The molecule has 5 nitrogen and oxygen atoms in total. The molecule has 0 aromatic heterocycles. The van der Waals surface area contributed by atoms with Crippen LogP contribution < -0.4 is 0 Å². The molecule has 0 saturated carbocycles. The number of carbonyl (C=O) groups is 1. The maximum absolute atomic E-state index is 10.3. The van der Waals surface area contributed by atoms with Gasteiger partial charge in [0.05, 0.1) is 19.0 Å². The summed E-state index contributed by atoms with van der Waals surface area (Å²) in [4.78, 5) is 10.3. The minimum absolute atomic E-state index is 0.0905. The molecule has 5 heteroatoms. The van der Waals surface area contributed by atoms with E-state index in [-0.39, 0.29) is 25.6 Å². The van der Waals surface area contributed by atoms with Crippen LogP contribution in [0.1, 0.15) is 6.92 Å². The van der Waals surface area contributed by atoms with Crippen LogP contribution in [0.4, 0.5) is 0 Å². The Kier molecular flexibility index (Phi) is 12.6. The lowest BCUT2D eigenvalue weighted by Gasteiger charge is -1.94. The Balaban J connectivity index is 0. The molecule has 0 saturated heterocycles.